The van der Waals surface area contributed by atoms with Crippen molar-refractivity contribution in [2.24, 2.45) is 0 Å². The molecule has 0 aliphatic rings. The van der Waals surface area contributed by atoms with Crippen molar-refractivity contribution in [3.8, 4) is 11.1 Å². The molecule has 0 radical (unpaired) electrons. The first kappa shape index (κ1) is 20.1. The average Bonchev–Trinajstić information content (AvgIpc) is 2.74. The van der Waals surface area contributed by atoms with Crippen LogP contribution in [0.15, 0.2) is 77.9 Å². The predicted octanol–water partition coefficient (Wildman–Crippen LogP) is 5.25. The van der Waals surface area contributed by atoms with Gasteiger partial charge in [0.2, 0.25) is 0 Å². The Morgan fingerprint density at radius 3 is 2.32 bits per heavy atom. The number of alkyl halides is 3. The van der Waals surface area contributed by atoms with E-state index in [-0.39, 0.29) is 11.2 Å². The second kappa shape index (κ2) is 7.94. The molecule has 1 heterocycles. The first-order chi connectivity index (χ1) is 14.8. The van der Waals surface area contributed by atoms with E-state index in [1.807, 2.05) is 0 Å². The van der Waals surface area contributed by atoms with Crippen molar-refractivity contribution in [1.82, 2.24) is 9.97 Å². The van der Waals surface area contributed by atoms with Gasteiger partial charge >= 0.3 is 12.2 Å². The quantitative estimate of drug-likeness (QED) is 0.420. The number of carbonyl (C=O) groups excluding carboxylic acids is 1. The summed E-state index contributed by atoms with van der Waals surface area (Å²) in [6.45, 7) is 0. The van der Waals surface area contributed by atoms with Gasteiger partial charge in [-0.05, 0) is 53.6 Å². The summed E-state index contributed by atoms with van der Waals surface area (Å²) in [6.07, 6.45) is -3.15. The van der Waals surface area contributed by atoms with E-state index in [0.29, 0.717) is 16.6 Å². The maximum atomic E-state index is 12.8. The van der Waals surface area contributed by atoms with E-state index >= 15 is 0 Å². The molecule has 0 bridgehead atoms. The van der Waals surface area contributed by atoms with Crippen molar-refractivity contribution in [1.29, 1.82) is 0 Å². The van der Waals surface area contributed by atoms with Gasteiger partial charge in [0.05, 0.1) is 22.8 Å². The highest BCUT2D eigenvalue weighted by molar-refractivity contribution is 6.00. The number of nitrogens with one attached hydrogen (secondary N) is 3. The van der Waals surface area contributed by atoms with Gasteiger partial charge in [0.1, 0.15) is 0 Å². The molecule has 3 aromatic carbocycles. The lowest BCUT2D eigenvalue weighted by atomic mass is 10.0. The molecule has 9 heteroatoms. The van der Waals surface area contributed by atoms with Gasteiger partial charge in [-0.2, -0.15) is 13.2 Å². The summed E-state index contributed by atoms with van der Waals surface area (Å²) < 4.78 is 38.4. The normalized spacial score (nSPS) is 11.3. The van der Waals surface area contributed by atoms with Crippen LogP contribution >= 0.6 is 0 Å². The van der Waals surface area contributed by atoms with Crippen LogP contribution in [0.5, 0.6) is 0 Å². The SMILES string of the molecule is O=C(Nc1ccc(-c2ccc3c(=O)[nH]cnc3c2)cc1)Nc1cccc(C(F)(F)F)c1. The fourth-order valence-corrected chi connectivity index (χ4v) is 3.06. The molecule has 0 aliphatic heterocycles. The molecule has 0 fully saturated rings. The summed E-state index contributed by atoms with van der Waals surface area (Å²) in [6, 6.07) is 15.9. The molecular weight excluding hydrogens is 409 g/mol. The van der Waals surface area contributed by atoms with Gasteiger partial charge in [-0.3, -0.25) is 4.79 Å². The summed E-state index contributed by atoms with van der Waals surface area (Å²) in [5.74, 6) is 0. The van der Waals surface area contributed by atoms with E-state index in [4.69, 9.17) is 0 Å². The van der Waals surface area contributed by atoms with Crippen molar-refractivity contribution < 1.29 is 18.0 Å². The Bertz CT molecular complexity index is 1310. The van der Waals surface area contributed by atoms with E-state index in [0.717, 1.165) is 23.3 Å². The molecule has 0 unspecified atom stereocenters. The largest absolute Gasteiger partial charge is 0.416 e. The van der Waals surface area contributed by atoms with Gasteiger partial charge in [0.25, 0.3) is 5.56 Å². The van der Waals surface area contributed by atoms with Crippen molar-refractivity contribution in [3.05, 3.63) is 89.0 Å². The fourth-order valence-electron chi connectivity index (χ4n) is 3.06. The van der Waals surface area contributed by atoms with Gasteiger partial charge in [-0.1, -0.05) is 24.3 Å². The Labute approximate surface area is 173 Å². The van der Waals surface area contributed by atoms with E-state index in [1.165, 1.54) is 18.5 Å². The van der Waals surface area contributed by atoms with Crippen LogP contribution in [0.3, 0.4) is 0 Å². The monoisotopic (exact) mass is 424 g/mol. The lowest BCUT2D eigenvalue weighted by Gasteiger charge is -2.11. The third-order valence-electron chi connectivity index (χ3n) is 4.57. The Hall–Kier alpha value is -4.14. The Morgan fingerprint density at radius 1 is 0.871 bits per heavy atom. The molecule has 0 aliphatic carbocycles. The van der Waals surface area contributed by atoms with Crippen LogP contribution in [0.25, 0.3) is 22.0 Å². The first-order valence-corrected chi connectivity index (χ1v) is 9.13. The van der Waals surface area contributed by atoms with E-state index in [1.54, 1.807) is 42.5 Å². The minimum absolute atomic E-state index is 0.0302. The average molecular weight is 424 g/mol. The summed E-state index contributed by atoms with van der Waals surface area (Å²) in [7, 11) is 0. The van der Waals surface area contributed by atoms with Crippen molar-refractivity contribution in [2.75, 3.05) is 10.6 Å². The molecule has 31 heavy (non-hydrogen) atoms. The number of halogens is 3. The molecule has 2 amide bonds. The molecule has 4 rings (SSSR count). The van der Waals surface area contributed by atoms with Crippen LogP contribution in [0.2, 0.25) is 0 Å². The number of rotatable bonds is 3. The van der Waals surface area contributed by atoms with Crippen LogP contribution in [-0.4, -0.2) is 16.0 Å². The highest BCUT2D eigenvalue weighted by Crippen LogP contribution is 2.30. The molecule has 3 N–H and O–H groups in total. The summed E-state index contributed by atoms with van der Waals surface area (Å²) in [5, 5.41) is 5.44. The van der Waals surface area contributed by atoms with Gasteiger partial charge < -0.3 is 15.6 Å². The zero-order chi connectivity index (χ0) is 22.0. The van der Waals surface area contributed by atoms with Crippen LogP contribution in [0.1, 0.15) is 5.56 Å². The van der Waals surface area contributed by atoms with E-state index in [2.05, 4.69) is 20.6 Å². The molecule has 1 aromatic heterocycles. The molecule has 156 valence electrons. The highest BCUT2D eigenvalue weighted by Gasteiger charge is 2.30. The molecule has 0 spiro atoms. The lowest BCUT2D eigenvalue weighted by Crippen LogP contribution is -2.19. The second-order valence-corrected chi connectivity index (χ2v) is 6.70. The molecule has 0 atom stereocenters. The lowest BCUT2D eigenvalue weighted by molar-refractivity contribution is -0.137. The Balaban J connectivity index is 1.46. The smallest absolute Gasteiger partial charge is 0.313 e. The van der Waals surface area contributed by atoms with Crippen molar-refractivity contribution in [2.45, 2.75) is 6.18 Å². The highest BCUT2D eigenvalue weighted by atomic mass is 19.4. The van der Waals surface area contributed by atoms with Crippen LogP contribution < -0.4 is 16.2 Å². The minimum atomic E-state index is -4.49. The number of anilines is 2. The third kappa shape index (κ3) is 4.55. The number of urea groups is 1. The number of benzene rings is 3. The number of hydrogen-bond donors (Lipinski definition) is 3. The predicted molar refractivity (Wildman–Crippen MR) is 112 cm³/mol. The minimum Gasteiger partial charge on any atom is -0.313 e. The Kier molecular flexibility index (Phi) is 5.16. The van der Waals surface area contributed by atoms with E-state index < -0.39 is 17.8 Å². The zero-order valence-electron chi connectivity index (χ0n) is 15.8. The maximum Gasteiger partial charge on any atom is 0.416 e. The van der Waals surface area contributed by atoms with Crippen LogP contribution in [0, 0.1) is 0 Å². The first-order valence-electron chi connectivity index (χ1n) is 9.13. The van der Waals surface area contributed by atoms with Crippen molar-refractivity contribution >= 4 is 28.3 Å². The number of aromatic nitrogens is 2. The van der Waals surface area contributed by atoms with Gasteiger partial charge in [0, 0.05) is 11.4 Å². The number of nitrogens with zero attached hydrogens (tertiary/aromatic N) is 1. The number of amides is 2. The van der Waals surface area contributed by atoms with Crippen molar-refractivity contribution in [3.63, 3.8) is 0 Å². The zero-order valence-corrected chi connectivity index (χ0v) is 15.8. The number of H-pyrrole nitrogens is 1. The molecule has 0 saturated carbocycles. The standard InChI is InChI=1S/C22H15F3N4O2/c23-22(24,25)15-2-1-3-17(11-15)29-21(31)28-16-7-4-13(5-8-16)14-6-9-18-19(10-14)26-12-27-20(18)30/h1-12H,(H,26,27,30)(H2,28,29,31). The Morgan fingerprint density at radius 2 is 1.58 bits per heavy atom. The summed E-state index contributed by atoms with van der Waals surface area (Å²) >= 11 is 0. The molecule has 0 saturated heterocycles. The number of hydrogen-bond acceptors (Lipinski definition) is 3. The molecule has 4 aromatic rings. The number of carbonyl (C=O) groups is 1. The van der Waals surface area contributed by atoms with E-state index in [9.17, 15) is 22.8 Å². The van der Waals surface area contributed by atoms with Gasteiger partial charge in [-0.15, -0.1) is 0 Å². The summed E-state index contributed by atoms with van der Waals surface area (Å²) in [4.78, 5) is 30.6. The van der Waals surface area contributed by atoms with Crippen LogP contribution in [-0.2, 0) is 6.18 Å². The topological polar surface area (TPSA) is 86.9 Å². The van der Waals surface area contributed by atoms with Crippen LogP contribution in [0.4, 0.5) is 29.3 Å². The molecular formula is C22H15F3N4O2. The van der Waals surface area contributed by atoms with Gasteiger partial charge in [0.15, 0.2) is 0 Å². The summed E-state index contributed by atoms with van der Waals surface area (Å²) in [5.41, 5.74) is 1.66. The molecule has 6 nitrogen and oxygen atoms in total. The fraction of sp³-hybridized carbons (Fsp3) is 0.0455. The number of fused-ring (bicyclic) bond motifs is 1. The second-order valence-electron chi connectivity index (χ2n) is 6.70. The third-order valence-corrected chi connectivity index (χ3v) is 4.57. The number of aromatic amines is 1. The van der Waals surface area contributed by atoms with Gasteiger partial charge in [-0.25, -0.2) is 9.78 Å². The maximum absolute atomic E-state index is 12.8.